The predicted molar refractivity (Wildman–Crippen MR) is 181 cm³/mol. The summed E-state index contributed by atoms with van der Waals surface area (Å²) in [4.78, 5) is 23.4. The molecule has 3 aliphatic rings. The summed E-state index contributed by atoms with van der Waals surface area (Å²) in [6.07, 6.45) is 6.67. The Bertz CT molecular complexity index is 1490. The van der Waals surface area contributed by atoms with E-state index in [-0.39, 0.29) is 6.09 Å². The van der Waals surface area contributed by atoms with Crippen molar-refractivity contribution in [1.82, 2.24) is 14.8 Å². The summed E-state index contributed by atoms with van der Waals surface area (Å²) in [6.45, 7) is 17.3. The molecule has 1 aromatic heterocycles. The molecule has 4 heterocycles. The number of piperidine rings is 1. The number of hydrogen-bond donors (Lipinski definition) is 0. The van der Waals surface area contributed by atoms with Gasteiger partial charge in [-0.1, -0.05) is 30.3 Å². The van der Waals surface area contributed by atoms with Crippen LogP contribution in [0.3, 0.4) is 0 Å². The summed E-state index contributed by atoms with van der Waals surface area (Å²) in [5.74, 6) is 0.962. The molecule has 242 valence electrons. The number of rotatable bonds is 7. The third-order valence-electron chi connectivity index (χ3n) is 9.86. The maximum absolute atomic E-state index is 12.7. The van der Waals surface area contributed by atoms with Crippen molar-refractivity contribution in [3.8, 4) is 27.4 Å². The van der Waals surface area contributed by atoms with Crippen LogP contribution in [0.1, 0.15) is 74.6 Å². The summed E-state index contributed by atoms with van der Waals surface area (Å²) in [5.41, 5.74) is 6.94. The van der Waals surface area contributed by atoms with Gasteiger partial charge in [0.1, 0.15) is 16.4 Å². The molecule has 0 unspecified atom stereocenters. The van der Waals surface area contributed by atoms with Gasteiger partial charge in [-0.2, -0.15) is 0 Å². The van der Waals surface area contributed by atoms with E-state index in [0.29, 0.717) is 18.5 Å². The largest absolute Gasteiger partial charge is 0.493 e. The zero-order valence-corrected chi connectivity index (χ0v) is 28.6. The summed E-state index contributed by atoms with van der Waals surface area (Å²) in [6, 6.07) is 12.9. The SMILES string of the molecule is Cc1c(OCCCN2CCC3(CCOCC3)CC2)cccc1-c1cccc(-c2nc3c(s2)CCN(C(=O)OC(C)(C)C)C3)c1C. The van der Waals surface area contributed by atoms with Crippen molar-refractivity contribution in [2.75, 3.05) is 46.0 Å². The highest BCUT2D eigenvalue weighted by molar-refractivity contribution is 7.15. The van der Waals surface area contributed by atoms with Crippen LogP contribution >= 0.6 is 11.3 Å². The molecule has 1 spiro atoms. The van der Waals surface area contributed by atoms with Gasteiger partial charge in [-0.3, -0.25) is 0 Å². The number of likely N-dealkylation sites (tertiary alicyclic amines) is 1. The van der Waals surface area contributed by atoms with Crippen LogP contribution in [0.25, 0.3) is 21.7 Å². The van der Waals surface area contributed by atoms with Crippen LogP contribution in [-0.2, 0) is 22.4 Å². The van der Waals surface area contributed by atoms with Crippen LogP contribution in [0.4, 0.5) is 4.79 Å². The van der Waals surface area contributed by atoms with Gasteiger partial charge in [0.2, 0.25) is 0 Å². The molecule has 6 rings (SSSR count). The Labute approximate surface area is 272 Å². The zero-order chi connectivity index (χ0) is 31.6. The number of thiazole rings is 1. The van der Waals surface area contributed by atoms with Crippen LogP contribution in [-0.4, -0.2) is 72.5 Å². The first-order valence-corrected chi connectivity index (χ1v) is 17.5. The molecule has 0 radical (unpaired) electrons. The van der Waals surface area contributed by atoms with E-state index >= 15 is 0 Å². The molecule has 45 heavy (non-hydrogen) atoms. The predicted octanol–water partition coefficient (Wildman–Crippen LogP) is 8.05. The van der Waals surface area contributed by atoms with Crippen molar-refractivity contribution in [3.05, 3.63) is 58.1 Å². The molecule has 2 fully saturated rings. The Balaban J connectivity index is 1.09. The third kappa shape index (κ3) is 7.39. The van der Waals surface area contributed by atoms with Gasteiger partial charge in [-0.15, -0.1) is 11.3 Å². The standard InChI is InChI=1S/C37H49N3O4S/c1-26-28(9-6-11-30(26)34-38-31-25-40(19-13-33(31)45-34)35(41)44-36(3,4)5)29-10-7-12-32(27(29)2)43-22-8-18-39-20-14-37(15-21-39)16-23-42-24-17-37/h6-7,9-12H,8,13-25H2,1-5H3. The fraction of sp³-hybridized carbons (Fsp3) is 0.568. The summed E-state index contributed by atoms with van der Waals surface area (Å²) in [7, 11) is 0. The monoisotopic (exact) mass is 631 g/mol. The Hall–Kier alpha value is -2.94. The molecule has 0 atom stereocenters. The van der Waals surface area contributed by atoms with Crippen molar-refractivity contribution in [3.63, 3.8) is 0 Å². The highest BCUT2D eigenvalue weighted by atomic mass is 32.1. The first-order valence-electron chi connectivity index (χ1n) is 16.7. The van der Waals surface area contributed by atoms with Crippen molar-refractivity contribution >= 4 is 17.4 Å². The minimum atomic E-state index is -0.509. The lowest BCUT2D eigenvalue weighted by Gasteiger charge is -2.44. The van der Waals surface area contributed by atoms with Crippen molar-refractivity contribution in [2.45, 2.75) is 85.3 Å². The minimum absolute atomic E-state index is 0.270. The molecule has 3 aromatic rings. The van der Waals surface area contributed by atoms with Crippen LogP contribution in [0.2, 0.25) is 0 Å². The number of benzene rings is 2. The smallest absolute Gasteiger partial charge is 0.410 e. The minimum Gasteiger partial charge on any atom is -0.493 e. The number of nitrogens with zero attached hydrogens (tertiary/aromatic N) is 3. The number of carbonyl (C=O) groups excluding carboxylic acids is 1. The third-order valence-corrected chi connectivity index (χ3v) is 11.1. The molecule has 0 bridgehead atoms. The van der Waals surface area contributed by atoms with Gasteiger partial charge in [-0.05, 0) is 114 Å². The van der Waals surface area contributed by atoms with Crippen molar-refractivity contribution in [2.24, 2.45) is 5.41 Å². The molecule has 8 heteroatoms. The topological polar surface area (TPSA) is 64.1 Å². The van der Waals surface area contributed by atoms with Gasteiger partial charge < -0.3 is 24.0 Å². The van der Waals surface area contributed by atoms with Crippen molar-refractivity contribution < 1.29 is 19.0 Å². The summed E-state index contributed by atoms with van der Waals surface area (Å²) < 4.78 is 17.6. The number of fused-ring (bicyclic) bond motifs is 1. The fourth-order valence-electron chi connectivity index (χ4n) is 7.04. The van der Waals surface area contributed by atoms with E-state index in [9.17, 15) is 4.79 Å². The van der Waals surface area contributed by atoms with Crippen LogP contribution < -0.4 is 4.74 Å². The Kier molecular flexibility index (Phi) is 9.55. The molecule has 0 saturated carbocycles. The second-order valence-electron chi connectivity index (χ2n) is 14.1. The number of carbonyl (C=O) groups is 1. The van der Waals surface area contributed by atoms with E-state index < -0.39 is 5.60 Å². The van der Waals surface area contributed by atoms with E-state index in [0.717, 1.165) is 61.2 Å². The maximum atomic E-state index is 12.7. The number of ether oxygens (including phenoxy) is 3. The van der Waals surface area contributed by atoms with Gasteiger partial charge in [0.05, 0.1) is 18.8 Å². The zero-order valence-electron chi connectivity index (χ0n) is 27.7. The molecular weight excluding hydrogens is 582 g/mol. The van der Waals surface area contributed by atoms with E-state index in [1.54, 1.807) is 16.2 Å². The number of amides is 1. The summed E-state index contributed by atoms with van der Waals surface area (Å²) in [5, 5.41) is 1.01. The lowest BCUT2D eigenvalue weighted by Crippen LogP contribution is -2.43. The quantitative estimate of drug-likeness (QED) is 0.246. The molecule has 0 N–H and O–H groups in total. The van der Waals surface area contributed by atoms with Gasteiger partial charge in [0.25, 0.3) is 0 Å². The first kappa shape index (κ1) is 32.0. The molecule has 3 aliphatic heterocycles. The lowest BCUT2D eigenvalue weighted by molar-refractivity contribution is -0.0209. The highest BCUT2D eigenvalue weighted by Gasteiger charge is 2.35. The molecule has 0 aliphatic carbocycles. The Morgan fingerprint density at radius 2 is 1.64 bits per heavy atom. The van der Waals surface area contributed by atoms with Crippen LogP contribution in [0.5, 0.6) is 5.75 Å². The molecular formula is C37H49N3O4S. The Morgan fingerprint density at radius 3 is 2.38 bits per heavy atom. The molecule has 1 amide bonds. The molecule has 2 aromatic carbocycles. The van der Waals surface area contributed by atoms with Crippen LogP contribution in [0, 0.1) is 19.3 Å². The van der Waals surface area contributed by atoms with E-state index in [4.69, 9.17) is 19.2 Å². The lowest BCUT2D eigenvalue weighted by atomic mass is 9.72. The average Bonchev–Trinajstić information content (AvgIpc) is 3.44. The van der Waals surface area contributed by atoms with Gasteiger partial charge in [-0.25, -0.2) is 9.78 Å². The van der Waals surface area contributed by atoms with E-state index in [1.165, 1.54) is 65.9 Å². The van der Waals surface area contributed by atoms with Gasteiger partial charge in [0, 0.05) is 43.2 Å². The normalized spacial score (nSPS) is 18.6. The molecule has 2 saturated heterocycles. The molecule has 7 nitrogen and oxygen atoms in total. The number of hydrogen-bond acceptors (Lipinski definition) is 7. The van der Waals surface area contributed by atoms with E-state index in [2.05, 4.69) is 55.1 Å². The van der Waals surface area contributed by atoms with Crippen molar-refractivity contribution in [1.29, 1.82) is 0 Å². The summed E-state index contributed by atoms with van der Waals surface area (Å²) >= 11 is 1.75. The van der Waals surface area contributed by atoms with E-state index in [1.807, 2.05) is 20.8 Å². The fourth-order valence-corrected chi connectivity index (χ4v) is 8.19. The maximum Gasteiger partial charge on any atom is 0.410 e. The van der Waals surface area contributed by atoms with Gasteiger partial charge in [0.15, 0.2) is 0 Å². The van der Waals surface area contributed by atoms with Crippen LogP contribution in [0.15, 0.2) is 36.4 Å². The number of aromatic nitrogens is 1. The second kappa shape index (κ2) is 13.4. The highest BCUT2D eigenvalue weighted by Crippen LogP contribution is 2.41. The second-order valence-corrected chi connectivity index (χ2v) is 15.2. The first-order chi connectivity index (χ1) is 21.6. The Morgan fingerprint density at radius 1 is 0.956 bits per heavy atom. The van der Waals surface area contributed by atoms with Gasteiger partial charge >= 0.3 is 6.09 Å². The average molecular weight is 632 g/mol.